The maximum absolute atomic E-state index is 12.8. The van der Waals surface area contributed by atoms with Crippen LogP contribution in [0.4, 0.5) is 15.8 Å². The number of carbonyl (C=O) groups is 1. The van der Waals surface area contributed by atoms with Crippen LogP contribution in [0.2, 0.25) is 0 Å². The normalized spacial score (nSPS) is 11.0. The molecule has 0 fully saturated rings. The Morgan fingerprint density at radius 2 is 1.61 bits per heavy atom. The van der Waals surface area contributed by atoms with E-state index >= 15 is 0 Å². The number of anilines is 2. The molecule has 0 bridgehead atoms. The number of rotatable bonds is 6. The van der Waals surface area contributed by atoms with E-state index in [4.69, 9.17) is 0 Å². The van der Waals surface area contributed by atoms with Gasteiger partial charge in [0, 0.05) is 16.3 Å². The predicted molar refractivity (Wildman–Crippen MR) is 90.7 cm³/mol. The molecule has 0 aliphatic carbocycles. The molecule has 0 aliphatic rings. The molecular formula is C15H15FN2O3S2. The first-order chi connectivity index (χ1) is 10.8. The highest BCUT2D eigenvalue weighted by atomic mass is 32.2. The molecule has 0 aromatic heterocycles. The number of hydrogen-bond acceptors (Lipinski definition) is 4. The first kappa shape index (κ1) is 17.3. The van der Waals surface area contributed by atoms with Crippen LogP contribution in [0.15, 0.2) is 53.4 Å². The molecule has 0 unspecified atom stereocenters. The Hall–Kier alpha value is -2.06. The van der Waals surface area contributed by atoms with Crippen molar-refractivity contribution in [1.82, 2.24) is 0 Å². The van der Waals surface area contributed by atoms with Gasteiger partial charge in [-0.15, -0.1) is 11.8 Å². The van der Waals surface area contributed by atoms with Crippen molar-refractivity contribution in [3.05, 3.63) is 54.3 Å². The molecule has 1 amide bonds. The van der Waals surface area contributed by atoms with Crippen molar-refractivity contribution in [2.24, 2.45) is 0 Å². The van der Waals surface area contributed by atoms with Gasteiger partial charge in [0.15, 0.2) is 0 Å². The van der Waals surface area contributed by atoms with E-state index in [-0.39, 0.29) is 17.5 Å². The third-order valence-corrected chi connectivity index (χ3v) is 4.27. The van der Waals surface area contributed by atoms with Crippen LogP contribution in [0.1, 0.15) is 0 Å². The molecule has 0 aliphatic heterocycles. The largest absolute Gasteiger partial charge is 0.325 e. The van der Waals surface area contributed by atoms with E-state index in [2.05, 4.69) is 10.0 Å². The van der Waals surface area contributed by atoms with Crippen LogP contribution in [-0.2, 0) is 14.8 Å². The smallest absolute Gasteiger partial charge is 0.234 e. The Balaban J connectivity index is 1.86. The summed E-state index contributed by atoms with van der Waals surface area (Å²) < 4.78 is 37.3. The molecule has 0 atom stereocenters. The van der Waals surface area contributed by atoms with E-state index in [0.717, 1.165) is 11.2 Å². The van der Waals surface area contributed by atoms with Crippen molar-refractivity contribution in [2.45, 2.75) is 4.90 Å². The zero-order valence-corrected chi connectivity index (χ0v) is 13.9. The molecule has 122 valence electrons. The number of benzene rings is 2. The average Bonchev–Trinajstić information content (AvgIpc) is 2.47. The molecule has 0 saturated carbocycles. The highest BCUT2D eigenvalue weighted by Crippen LogP contribution is 2.19. The quantitative estimate of drug-likeness (QED) is 0.782. The van der Waals surface area contributed by atoms with E-state index in [1.165, 1.54) is 23.9 Å². The van der Waals surface area contributed by atoms with Gasteiger partial charge in [-0.3, -0.25) is 9.52 Å². The number of hydrogen-bond donors (Lipinski definition) is 2. The fourth-order valence-corrected chi connectivity index (χ4v) is 2.98. The molecule has 23 heavy (non-hydrogen) atoms. The van der Waals surface area contributed by atoms with Gasteiger partial charge in [-0.25, -0.2) is 12.8 Å². The summed E-state index contributed by atoms with van der Waals surface area (Å²) in [5.41, 5.74) is 0.986. The Morgan fingerprint density at radius 1 is 1.04 bits per heavy atom. The summed E-state index contributed by atoms with van der Waals surface area (Å²) in [4.78, 5) is 12.6. The van der Waals surface area contributed by atoms with Crippen LogP contribution in [0, 0.1) is 5.82 Å². The number of sulfonamides is 1. The second kappa shape index (κ2) is 7.47. The van der Waals surface area contributed by atoms with Crippen LogP contribution in [0.3, 0.4) is 0 Å². The first-order valence-corrected chi connectivity index (χ1v) is 9.45. The fourth-order valence-electron chi connectivity index (χ4n) is 1.71. The lowest BCUT2D eigenvalue weighted by atomic mass is 10.3. The summed E-state index contributed by atoms with van der Waals surface area (Å²) in [5.74, 6) is -0.334. The van der Waals surface area contributed by atoms with E-state index in [1.54, 1.807) is 36.4 Å². The number of halogens is 1. The summed E-state index contributed by atoms with van der Waals surface area (Å²) in [7, 11) is -3.32. The monoisotopic (exact) mass is 354 g/mol. The molecule has 0 saturated heterocycles. The Labute approximate surface area is 138 Å². The van der Waals surface area contributed by atoms with Crippen molar-refractivity contribution in [1.29, 1.82) is 0 Å². The number of nitrogens with one attached hydrogen (secondary N) is 2. The highest BCUT2D eigenvalue weighted by molar-refractivity contribution is 8.00. The maximum Gasteiger partial charge on any atom is 0.234 e. The second-order valence-corrected chi connectivity index (χ2v) is 7.54. The lowest BCUT2D eigenvalue weighted by Gasteiger charge is -2.07. The van der Waals surface area contributed by atoms with Gasteiger partial charge in [-0.2, -0.15) is 0 Å². The highest BCUT2D eigenvalue weighted by Gasteiger charge is 2.05. The zero-order chi connectivity index (χ0) is 16.9. The Morgan fingerprint density at radius 3 is 2.17 bits per heavy atom. The molecule has 2 N–H and O–H groups in total. The van der Waals surface area contributed by atoms with Gasteiger partial charge in [-0.05, 0) is 48.5 Å². The van der Waals surface area contributed by atoms with Gasteiger partial charge in [0.2, 0.25) is 15.9 Å². The molecule has 5 nitrogen and oxygen atoms in total. The zero-order valence-electron chi connectivity index (χ0n) is 12.2. The molecule has 8 heteroatoms. The summed E-state index contributed by atoms with van der Waals surface area (Å²) in [6.07, 6.45) is 1.06. The van der Waals surface area contributed by atoms with Crippen LogP contribution in [0.25, 0.3) is 0 Å². The summed E-state index contributed by atoms with van der Waals surface area (Å²) in [6, 6.07) is 12.2. The number of carbonyl (C=O) groups excluding carboxylic acids is 1. The minimum absolute atomic E-state index is 0.189. The molecule has 0 heterocycles. The third-order valence-electron chi connectivity index (χ3n) is 2.66. The van der Waals surface area contributed by atoms with Gasteiger partial charge >= 0.3 is 0 Å². The molecular weight excluding hydrogens is 339 g/mol. The summed E-state index contributed by atoms with van der Waals surface area (Å²) in [5, 5.41) is 2.70. The van der Waals surface area contributed by atoms with Crippen molar-refractivity contribution < 1.29 is 17.6 Å². The molecule has 0 spiro atoms. The van der Waals surface area contributed by atoms with Crippen LogP contribution in [-0.4, -0.2) is 26.3 Å². The van der Waals surface area contributed by atoms with E-state index in [9.17, 15) is 17.6 Å². The molecule has 2 rings (SSSR count). The SMILES string of the molecule is CS(=O)(=O)Nc1ccc(NC(=O)CSc2ccc(F)cc2)cc1. The van der Waals surface area contributed by atoms with E-state index in [1.807, 2.05) is 0 Å². The lowest BCUT2D eigenvalue weighted by molar-refractivity contribution is -0.113. The summed E-state index contributed by atoms with van der Waals surface area (Å²) in [6.45, 7) is 0. The average molecular weight is 354 g/mol. The first-order valence-electron chi connectivity index (χ1n) is 6.58. The Bertz CT molecular complexity index is 775. The lowest BCUT2D eigenvalue weighted by Crippen LogP contribution is -2.14. The third kappa shape index (κ3) is 6.29. The predicted octanol–water partition coefficient (Wildman–Crippen LogP) is 2.93. The van der Waals surface area contributed by atoms with Gasteiger partial charge in [-0.1, -0.05) is 0 Å². The van der Waals surface area contributed by atoms with E-state index in [0.29, 0.717) is 11.4 Å². The Kier molecular flexibility index (Phi) is 5.62. The van der Waals surface area contributed by atoms with Crippen LogP contribution < -0.4 is 10.0 Å². The second-order valence-electron chi connectivity index (χ2n) is 4.74. The van der Waals surface area contributed by atoms with Gasteiger partial charge < -0.3 is 5.32 Å². The standard InChI is InChI=1S/C15H15FN2O3S2/c1-23(20,21)18-13-6-4-12(5-7-13)17-15(19)10-22-14-8-2-11(16)3-9-14/h2-9,18H,10H2,1H3,(H,17,19). The maximum atomic E-state index is 12.8. The van der Waals surface area contributed by atoms with Crippen molar-refractivity contribution in [2.75, 3.05) is 22.0 Å². The summed E-state index contributed by atoms with van der Waals surface area (Å²) >= 11 is 1.30. The van der Waals surface area contributed by atoms with Crippen LogP contribution in [0.5, 0.6) is 0 Å². The molecule has 2 aromatic carbocycles. The topological polar surface area (TPSA) is 75.3 Å². The fraction of sp³-hybridized carbons (Fsp3) is 0.133. The number of amides is 1. The van der Waals surface area contributed by atoms with Gasteiger partial charge in [0.1, 0.15) is 5.82 Å². The van der Waals surface area contributed by atoms with Gasteiger partial charge in [0.05, 0.1) is 12.0 Å². The van der Waals surface area contributed by atoms with Crippen LogP contribution >= 0.6 is 11.8 Å². The van der Waals surface area contributed by atoms with Crippen molar-refractivity contribution in [3.63, 3.8) is 0 Å². The van der Waals surface area contributed by atoms with Gasteiger partial charge in [0.25, 0.3) is 0 Å². The van der Waals surface area contributed by atoms with E-state index < -0.39 is 10.0 Å². The number of thioether (sulfide) groups is 1. The van der Waals surface area contributed by atoms with Crippen molar-refractivity contribution >= 4 is 39.1 Å². The van der Waals surface area contributed by atoms with Crippen molar-refractivity contribution in [3.8, 4) is 0 Å². The minimum Gasteiger partial charge on any atom is -0.325 e. The molecule has 2 aromatic rings. The molecule has 0 radical (unpaired) electrons. The minimum atomic E-state index is -3.32.